The van der Waals surface area contributed by atoms with Crippen molar-refractivity contribution in [2.45, 2.75) is 11.8 Å². The Morgan fingerprint density at radius 2 is 1.64 bits per heavy atom. The average molecular weight is 474 g/mol. The van der Waals surface area contributed by atoms with Gasteiger partial charge in [-0.05, 0) is 31.2 Å². The van der Waals surface area contributed by atoms with Crippen molar-refractivity contribution in [3.8, 4) is 5.75 Å². The van der Waals surface area contributed by atoms with Crippen LogP contribution in [0.25, 0.3) is 0 Å². The number of piperazine rings is 1. The van der Waals surface area contributed by atoms with E-state index in [2.05, 4.69) is 0 Å². The van der Waals surface area contributed by atoms with Crippen molar-refractivity contribution in [2.24, 2.45) is 0 Å². The van der Waals surface area contributed by atoms with Gasteiger partial charge in [0, 0.05) is 45.8 Å². The lowest BCUT2D eigenvalue weighted by molar-refractivity contribution is -0.130. The van der Waals surface area contributed by atoms with E-state index in [1.165, 1.54) is 28.3 Å². The van der Waals surface area contributed by atoms with Gasteiger partial charge in [0.2, 0.25) is 10.0 Å². The quantitative estimate of drug-likeness (QED) is 0.565. The third-order valence-corrected chi connectivity index (χ3v) is 7.27. The maximum Gasteiger partial charge on any atom is 0.259 e. The molecular weight excluding hydrogens is 446 g/mol. The molecule has 1 aliphatic heterocycles. The fraction of sp³-hybridized carbons (Fsp3) is 0.348. The molecule has 0 N–H and O–H groups in total. The SMILES string of the molecule is CC(=O)c1cccc(S(=O)(=O)N2CCN(C(=O)c3ccccc3OCC(=O)N(C)C)CC2)c1. The fourth-order valence-electron chi connectivity index (χ4n) is 3.36. The molecule has 3 rings (SSSR count). The summed E-state index contributed by atoms with van der Waals surface area (Å²) in [4.78, 5) is 39.6. The Morgan fingerprint density at radius 3 is 2.27 bits per heavy atom. The minimum Gasteiger partial charge on any atom is -0.483 e. The topological polar surface area (TPSA) is 104 Å². The van der Waals surface area contributed by atoms with Crippen molar-refractivity contribution in [1.82, 2.24) is 14.1 Å². The lowest BCUT2D eigenvalue weighted by Gasteiger charge is -2.34. The number of ether oxygens (including phenoxy) is 1. The van der Waals surface area contributed by atoms with Crippen molar-refractivity contribution in [2.75, 3.05) is 46.9 Å². The number of ketones is 1. The number of benzene rings is 2. The highest BCUT2D eigenvalue weighted by atomic mass is 32.2. The van der Waals surface area contributed by atoms with Crippen molar-refractivity contribution in [3.05, 3.63) is 59.7 Å². The van der Waals surface area contributed by atoms with Crippen LogP contribution in [0.5, 0.6) is 5.75 Å². The largest absolute Gasteiger partial charge is 0.483 e. The molecule has 1 saturated heterocycles. The molecule has 1 aliphatic rings. The van der Waals surface area contributed by atoms with Crippen molar-refractivity contribution in [3.63, 3.8) is 0 Å². The Labute approximate surface area is 193 Å². The number of amides is 2. The van der Waals surface area contributed by atoms with Crippen LogP contribution in [0.4, 0.5) is 0 Å². The molecule has 2 aromatic rings. The molecule has 0 radical (unpaired) electrons. The molecule has 33 heavy (non-hydrogen) atoms. The fourth-order valence-corrected chi connectivity index (χ4v) is 4.83. The number of sulfonamides is 1. The highest BCUT2D eigenvalue weighted by Crippen LogP contribution is 2.23. The summed E-state index contributed by atoms with van der Waals surface area (Å²) >= 11 is 0. The number of likely N-dealkylation sites (N-methyl/N-ethyl adjacent to an activating group) is 1. The molecule has 10 heteroatoms. The van der Waals surface area contributed by atoms with E-state index in [9.17, 15) is 22.8 Å². The summed E-state index contributed by atoms with van der Waals surface area (Å²) in [6, 6.07) is 12.6. The van der Waals surface area contributed by atoms with Gasteiger partial charge in [0.05, 0.1) is 10.5 Å². The van der Waals surface area contributed by atoms with Crippen LogP contribution in [0.15, 0.2) is 53.4 Å². The molecular formula is C23H27N3O6S. The van der Waals surface area contributed by atoms with Crippen LogP contribution in [-0.2, 0) is 14.8 Å². The summed E-state index contributed by atoms with van der Waals surface area (Å²) in [7, 11) is -0.555. The maximum absolute atomic E-state index is 13.1. The van der Waals surface area contributed by atoms with E-state index in [0.717, 1.165) is 0 Å². The first kappa shape index (κ1) is 24.4. The van der Waals surface area contributed by atoms with E-state index in [0.29, 0.717) is 16.9 Å². The molecule has 176 valence electrons. The Hall–Kier alpha value is -3.24. The lowest BCUT2D eigenvalue weighted by Crippen LogP contribution is -2.50. The molecule has 0 atom stereocenters. The number of carbonyl (C=O) groups excluding carboxylic acids is 3. The molecule has 2 aromatic carbocycles. The van der Waals surface area contributed by atoms with Crippen LogP contribution >= 0.6 is 0 Å². The van der Waals surface area contributed by atoms with Crippen molar-refractivity contribution < 1.29 is 27.5 Å². The summed E-state index contributed by atoms with van der Waals surface area (Å²) in [6.45, 7) is 1.85. The summed E-state index contributed by atoms with van der Waals surface area (Å²) in [5.41, 5.74) is 0.642. The van der Waals surface area contributed by atoms with Gasteiger partial charge in [0.1, 0.15) is 5.75 Å². The molecule has 0 aromatic heterocycles. The number of carbonyl (C=O) groups is 3. The van der Waals surface area contributed by atoms with Crippen LogP contribution in [0.2, 0.25) is 0 Å². The summed E-state index contributed by atoms with van der Waals surface area (Å²) in [5, 5.41) is 0. The highest BCUT2D eigenvalue weighted by Gasteiger charge is 2.31. The number of Topliss-reactive ketones (excluding diaryl/α,β-unsaturated/α-hetero) is 1. The minimum atomic E-state index is -3.79. The van der Waals surface area contributed by atoms with Gasteiger partial charge in [-0.2, -0.15) is 4.31 Å². The van der Waals surface area contributed by atoms with Gasteiger partial charge >= 0.3 is 0 Å². The molecule has 1 heterocycles. The van der Waals surface area contributed by atoms with Crippen LogP contribution in [0.3, 0.4) is 0 Å². The molecule has 0 unspecified atom stereocenters. The summed E-state index contributed by atoms with van der Waals surface area (Å²) in [6.07, 6.45) is 0. The molecule has 9 nitrogen and oxygen atoms in total. The van der Waals surface area contributed by atoms with E-state index in [-0.39, 0.29) is 55.3 Å². The van der Waals surface area contributed by atoms with Gasteiger partial charge in [0.25, 0.3) is 11.8 Å². The van der Waals surface area contributed by atoms with E-state index in [1.54, 1.807) is 55.4 Å². The zero-order valence-electron chi connectivity index (χ0n) is 18.9. The smallest absolute Gasteiger partial charge is 0.259 e. The molecule has 0 aliphatic carbocycles. The zero-order valence-corrected chi connectivity index (χ0v) is 19.7. The first-order chi connectivity index (χ1) is 15.6. The monoisotopic (exact) mass is 473 g/mol. The van der Waals surface area contributed by atoms with Crippen LogP contribution < -0.4 is 4.74 Å². The van der Waals surface area contributed by atoms with Gasteiger partial charge in [-0.3, -0.25) is 14.4 Å². The Kier molecular flexibility index (Phi) is 7.50. The highest BCUT2D eigenvalue weighted by molar-refractivity contribution is 7.89. The van der Waals surface area contributed by atoms with Crippen molar-refractivity contribution >= 4 is 27.6 Å². The number of hydrogen-bond donors (Lipinski definition) is 0. The molecule has 0 saturated carbocycles. The lowest BCUT2D eigenvalue weighted by atomic mass is 10.1. The van der Waals surface area contributed by atoms with Gasteiger partial charge in [0.15, 0.2) is 12.4 Å². The van der Waals surface area contributed by atoms with Crippen LogP contribution in [0.1, 0.15) is 27.6 Å². The molecule has 0 spiro atoms. The number of nitrogens with zero attached hydrogens (tertiary/aromatic N) is 3. The Morgan fingerprint density at radius 1 is 0.970 bits per heavy atom. The molecule has 1 fully saturated rings. The predicted molar refractivity (Wildman–Crippen MR) is 122 cm³/mol. The van der Waals surface area contributed by atoms with E-state index in [1.807, 2.05) is 0 Å². The second kappa shape index (κ2) is 10.1. The number of para-hydroxylation sites is 1. The van der Waals surface area contributed by atoms with E-state index in [4.69, 9.17) is 4.74 Å². The summed E-state index contributed by atoms with van der Waals surface area (Å²) < 4.78 is 32.9. The Bertz CT molecular complexity index is 1150. The average Bonchev–Trinajstić information content (AvgIpc) is 2.82. The van der Waals surface area contributed by atoms with Gasteiger partial charge in [-0.15, -0.1) is 0 Å². The zero-order chi connectivity index (χ0) is 24.2. The normalized spacial score (nSPS) is 14.6. The van der Waals surface area contributed by atoms with Gasteiger partial charge in [-0.25, -0.2) is 8.42 Å². The minimum absolute atomic E-state index is 0.0549. The Balaban J connectivity index is 1.69. The first-order valence-corrected chi connectivity index (χ1v) is 11.9. The second-order valence-electron chi connectivity index (χ2n) is 7.85. The third kappa shape index (κ3) is 5.58. The maximum atomic E-state index is 13.1. The number of hydrogen-bond acceptors (Lipinski definition) is 6. The standard InChI is InChI=1S/C23H27N3O6S/c1-17(27)18-7-6-8-19(15-18)33(30,31)26-13-11-25(12-14-26)23(29)20-9-4-5-10-21(20)32-16-22(28)24(2)3/h4-10,15H,11-14,16H2,1-3H3. The molecule has 2 amide bonds. The predicted octanol–water partition coefficient (Wildman–Crippen LogP) is 1.50. The summed E-state index contributed by atoms with van der Waals surface area (Å²) in [5.74, 6) is -0.437. The number of rotatable bonds is 7. The van der Waals surface area contributed by atoms with Crippen LogP contribution in [0, 0.1) is 0 Å². The third-order valence-electron chi connectivity index (χ3n) is 5.37. The molecule has 0 bridgehead atoms. The van der Waals surface area contributed by atoms with Crippen molar-refractivity contribution in [1.29, 1.82) is 0 Å². The first-order valence-electron chi connectivity index (χ1n) is 10.4. The van der Waals surface area contributed by atoms with Crippen LogP contribution in [-0.4, -0.2) is 87.0 Å². The van der Waals surface area contributed by atoms with Gasteiger partial charge in [-0.1, -0.05) is 24.3 Å². The second-order valence-corrected chi connectivity index (χ2v) is 9.79. The van der Waals surface area contributed by atoms with E-state index < -0.39 is 10.0 Å². The van der Waals surface area contributed by atoms with Gasteiger partial charge < -0.3 is 14.5 Å². The van der Waals surface area contributed by atoms with E-state index >= 15 is 0 Å².